The smallest absolute Gasteiger partial charge is 0.356 e. The van der Waals surface area contributed by atoms with E-state index in [-0.39, 0.29) is 18.9 Å². The molecule has 0 aliphatic heterocycles. The molecule has 0 unspecified atom stereocenters. The predicted octanol–water partition coefficient (Wildman–Crippen LogP) is 2.68. The summed E-state index contributed by atoms with van der Waals surface area (Å²) in [5, 5.41) is 2.76. The van der Waals surface area contributed by atoms with Crippen LogP contribution in [0.1, 0.15) is 37.7 Å². The Morgan fingerprint density at radius 3 is 2.52 bits per heavy atom. The fraction of sp³-hybridized carbons (Fsp3) is 0.562. The summed E-state index contributed by atoms with van der Waals surface area (Å²) in [4.78, 5) is 11.2. The molecule has 9 heteroatoms. The summed E-state index contributed by atoms with van der Waals surface area (Å²) < 4.78 is 64.2. The lowest BCUT2D eigenvalue weighted by Crippen LogP contribution is -2.33. The van der Waals surface area contributed by atoms with Crippen molar-refractivity contribution in [1.29, 1.82) is 0 Å². The SMILES string of the molecule is O=C(CCNS(=O)(=O)c1cccc(C(F)(F)F)c1)NCC1CCCC1. The Labute approximate surface area is 145 Å². The first-order chi connectivity index (χ1) is 11.7. The van der Waals surface area contributed by atoms with Crippen molar-refractivity contribution in [3.05, 3.63) is 29.8 Å². The van der Waals surface area contributed by atoms with Gasteiger partial charge in [0.25, 0.3) is 0 Å². The maximum atomic E-state index is 12.7. The molecule has 5 nitrogen and oxygen atoms in total. The van der Waals surface area contributed by atoms with Gasteiger partial charge in [-0.05, 0) is 37.0 Å². The molecule has 25 heavy (non-hydrogen) atoms. The summed E-state index contributed by atoms with van der Waals surface area (Å²) in [6, 6.07) is 3.49. The molecule has 0 saturated heterocycles. The lowest BCUT2D eigenvalue weighted by molar-refractivity contribution is -0.137. The van der Waals surface area contributed by atoms with Gasteiger partial charge in [-0.15, -0.1) is 0 Å². The minimum absolute atomic E-state index is 0.0646. The maximum Gasteiger partial charge on any atom is 0.416 e. The second-order valence-corrected chi connectivity index (χ2v) is 7.89. The first kappa shape index (κ1) is 19.7. The quantitative estimate of drug-likeness (QED) is 0.766. The van der Waals surface area contributed by atoms with Crippen LogP contribution in [0.15, 0.2) is 29.2 Å². The van der Waals surface area contributed by atoms with Crippen LogP contribution < -0.4 is 10.0 Å². The number of nitrogens with one attached hydrogen (secondary N) is 2. The van der Waals surface area contributed by atoms with Crippen LogP contribution in [-0.4, -0.2) is 27.4 Å². The number of carbonyl (C=O) groups excluding carboxylic acids is 1. The molecule has 1 aromatic carbocycles. The van der Waals surface area contributed by atoms with Gasteiger partial charge in [-0.25, -0.2) is 13.1 Å². The zero-order valence-corrected chi connectivity index (χ0v) is 14.4. The number of rotatable bonds is 7. The molecule has 0 aromatic heterocycles. The van der Waals surface area contributed by atoms with E-state index in [0.717, 1.165) is 43.9 Å². The molecule has 1 aliphatic carbocycles. The van der Waals surface area contributed by atoms with Crippen LogP contribution in [0.25, 0.3) is 0 Å². The van der Waals surface area contributed by atoms with Crippen molar-refractivity contribution in [2.45, 2.75) is 43.2 Å². The number of carbonyl (C=O) groups is 1. The Kier molecular flexibility index (Phi) is 6.45. The van der Waals surface area contributed by atoms with E-state index in [9.17, 15) is 26.4 Å². The molecule has 0 heterocycles. The van der Waals surface area contributed by atoms with Gasteiger partial charge >= 0.3 is 6.18 Å². The standard InChI is InChI=1S/C16H21F3N2O3S/c17-16(18,19)13-6-3-7-14(10-13)25(23,24)21-9-8-15(22)20-11-12-4-1-2-5-12/h3,6-7,10,12,21H,1-2,4-5,8-9,11H2,(H,20,22). The zero-order valence-electron chi connectivity index (χ0n) is 13.6. The number of alkyl halides is 3. The van der Waals surface area contributed by atoms with Gasteiger partial charge in [-0.3, -0.25) is 4.79 Å². The van der Waals surface area contributed by atoms with Crippen molar-refractivity contribution in [3.63, 3.8) is 0 Å². The lowest BCUT2D eigenvalue weighted by Gasteiger charge is -2.12. The fourth-order valence-corrected chi connectivity index (χ4v) is 3.86. The Balaban J connectivity index is 1.83. The monoisotopic (exact) mass is 378 g/mol. The van der Waals surface area contributed by atoms with E-state index >= 15 is 0 Å². The van der Waals surface area contributed by atoms with Crippen LogP contribution in [0, 0.1) is 5.92 Å². The molecule has 1 fully saturated rings. The molecule has 0 bridgehead atoms. The van der Waals surface area contributed by atoms with Crippen molar-refractivity contribution in [2.24, 2.45) is 5.92 Å². The number of hydrogen-bond donors (Lipinski definition) is 2. The van der Waals surface area contributed by atoms with E-state index in [2.05, 4.69) is 10.0 Å². The van der Waals surface area contributed by atoms with Gasteiger partial charge in [0.15, 0.2) is 0 Å². The molecule has 1 aromatic rings. The Hall–Kier alpha value is -1.61. The molecule has 1 saturated carbocycles. The van der Waals surface area contributed by atoms with Crippen LogP contribution >= 0.6 is 0 Å². The summed E-state index contributed by atoms with van der Waals surface area (Å²) in [5.74, 6) is 0.199. The molecule has 1 amide bonds. The summed E-state index contributed by atoms with van der Waals surface area (Å²) in [7, 11) is -4.10. The molecule has 2 rings (SSSR count). The lowest BCUT2D eigenvalue weighted by atomic mass is 10.1. The van der Waals surface area contributed by atoms with Crippen molar-refractivity contribution in [1.82, 2.24) is 10.0 Å². The Bertz CT molecular complexity index is 699. The predicted molar refractivity (Wildman–Crippen MR) is 86.2 cm³/mol. The van der Waals surface area contributed by atoms with E-state index in [4.69, 9.17) is 0 Å². The summed E-state index contributed by atoms with van der Waals surface area (Å²) >= 11 is 0. The van der Waals surface area contributed by atoms with Crippen molar-refractivity contribution in [3.8, 4) is 0 Å². The van der Waals surface area contributed by atoms with Gasteiger partial charge in [0.2, 0.25) is 15.9 Å². The minimum atomic E-state index is -4.62. The van der Waals surface area contributed by atoms with E-state index in [1.165, 1.54) is 0 Å². The highest BCUT2D eigenvalue weighted by Gasteiger charge is 2.31. The highest BCUT2D eigenvalue weighted by atomic mass is 32.2. The van der Waals surface area contributed by atoms with Crippen molar-refractivity contribution < 1.29 is 26.4 Å². The maximum absolute atomic E-state index is 12.7. The number of halogens is 3. The molecular weight excluding hydrogens is 357 g/mol. The fourth-order valence-electron chi connectivity index (χ4n) is 2.78. The Morgan fingerprint density at radius 1 is 1.20 bits per heavy atom. The number of sulfonamides is 1. The van der Waals surface area contributed by atoms with E-state index in [1.807, 2.05) is 0 Å². The van der Waals surface area contributed by atoms with Gasteiger partial charge < -0.3 is 5.32 Å². The summed E-state index contributed by atoms with van der Waals surface area (Å²) in [6.07, 6.45) is -0.184. The third-order valence-electron chi connectivity index (χ3n) is 4.18. The van der Waals surface area contributed by atoms with Crippen molar-refractivity contribution in [2.75, 3.05) is 13.1 Å². The molecule has 1 aliphatic rings. The zero-order chi connectivity index (χ0) is 18.5. The van der Waals surface area contributed by atoms with Gasteiger partial charge in [0.1, 0.15) is 0 Å². The average molecular weight is 378 g/mol. The molecule has 0 radical (unpaired) electrons. The second kappa shape index (κ2) is 8.18. The van der Waals surface area contributed by atoms with Crippen LogP contribution in [0.5, 0.6) is 0 Å². The number of hydrogen-bond acceptors (Lipinski definition) is 3. The van der Waals surface area contributed by atoms with E-state index < -0.39 is 26.7 Å². The summed E-state index contributed by atoms with van der Waals surface area (Å²) in [6.45, 7) is 0.411. The molecule has 140 valence electrons. The highest BCUT2D eigenvalue weighted by Crippen LogP contribution is 2.30. The molecule has 0 atom stereocenters. The third-order valence-corrected chi connectivity index (χ3v) is 5.64. The van der Waals surface area contributed by atoms with Crippen LogP contribution in [-0.2, 0) is 21.0 Å². The Morgan fingerprint density at radius 2 is 1.88 bits per heavy atom. The van der Waals surface area contributed by atoms with E-state index in [1.54, 1.807) is 0 Å². The largest absolute Gasteiger partial charge is 0.416 e. The first-order valence-electron chi connectivity index (χ1n) is 8.12. The molecular formula is C16H21F3N2O3S. The van der Waals surface area contributed by atoms with Gasteiger partial charge in [-0.1, -0.05) is 18.9 Å². The highest BCUT2D eigenvalue weighted by molar-refractivity contribution is 7.89. The molecule has 0 spiro atoms. The van der Waals surface area contributed by atoms with Crippen molar-refractivity contribution >= 4 is 15.9 Å². The first-order valence-corrected chi connectivity index (χ1v) is 9.60. The van der Waals surface area contributed by atoms with Crippen LogP contribution in [0.4, 0.5) is 13.2 Å². The number of amides is 1. The molecule has 2 N–H and O–H groups in total. The topological polar surface area (TPSA) is 75.3 Å². The van der Waals surface area contributed by atoms with Crippen LogP contribution in [0.3, 0.4) is 0 Å². The average Bonchev–Trinajstić information content (AvgIpc) is 3.05. The van der Waals surface area contributed by atoms with Gasteiger partial charge in [-0.2, -0.15) is 13.2 Å². The summed E-state index contributed by atoms with van der Waals surface area (Å²) in [5.41, 5.74) is -1.04. The number of benzene rings is 1. The minimum Gasteiger partial charge on any atom is -0.356 e. The van der Waals surface area contributed by atoms with Gasteiger partial charge in [0, 0.05) is 19.5 Å². The third kappa shape index (κ3) is 6.00. The van der Waals surface area contributed by atoms with Gasteiger partial charge in [0.05, 0.1) is 10.5 Å². The normalized spacial score (nSPS) is 16.1. The van der Waals surface area contributed by atoms with Crippen LogP contribution in [0.2, 0.25) is 0 Å². The van der Waals surface area contributed by atoms with E-state index in [0.29, 0.717) is 18.5 Å². The second-order valence-electron chi connectivity index (χ2n) is 6.13.